The number of carbonyl (C=O) groups excluding carboxylic acids is 2. The first-order valence-electron chi connectivity index (χ1n) is 8.51. The second kappa shape index (κ2) is 7.13. The van der Waals surface area contributed by atoms with E-state index in [1.54, 1.807) is 34.1 Å². The molecule has 0 spiro atoms. The van der Waals surface area contributed by atoms with Crippen LogP contribution in [0.15, 0.2) is 24.3 Å². The van der Waals surface area contributed by atoms with Gasteiger partial charge in [-0.25, -0.2) is 12.7 Å². The molecule has 0 saturated carbocycles. The number of rotatable bonds is 3. The van der Waals surface area contributed by atoms with E-state index in [0.29, 0.717) is 44.6 Å². The van der Waals surface area contributed by atoms with Crippen molar-refractivity contribution in [3.05, 3.63) is 29.8 Å². The lowest BCUT2D eigenvalue weighted by molar-refractivity contribution is -0.117. The van der Waals surface area contributed by atoms with Crippen molar-refractivity contribution in [3.63, 3.8) is 0 Å². The minimum atomic E-state index is -3.23. The fraction of sp³-hybridized carbons (Fsp3) is 0.529. The third kappa shape index (κ3) is 4.01. The molecule has 2 heterocycles. The summed E-state index contributed by atoms with van der Waals surface area (Å²) in [6.45, 7) is 2.42. The Labute approximate surface area is 148 Å². The molecule has 0 unspecified atom stereocenters. The number of amides is 2. The zero-order chi connectivity index (χ0) is 18.0. The van der Waals surface area contributed by atoms with Crippen LogP contribution >= 0.6 is 0 Å². The number of benzene rings is 1. The fourth-order valence-corrected chi connectivity index (χ4v) is 4.19. The van der Waals surface area contributed by atoms with E-state index < -0.39 is 10.0 Å². The van der Waals surface area contributed by atoms with Crippen molar-refractivity contribution >= 4 is 27.5 Å². The highest BCUT2D eigenvalue weighted by molar-refractivity contribution is 7.88. The molecule has 0 aromatic heterocycles. The summed E-state index contributed by atoms with van der Waals surface area (Å²) in [6, 6.07) is 7.08. The van der Waals surface area contributed by atoms with Crippen LogP contribution in [0.4, 0.5) is 5.69 Å². The highest BCUT2D eigenvalue weighted by Crippen LogP contribution is 2.22. The molecule has 0 bridgehead atoms. The van der Waals surface area contributed by atoms with Crippen LogP contribution in [0.1, 0.15) is 29.6 Å². The van der Waals surface area contributed by atoms with Gasteiger partial charge in [-0.3, -0.25) is 9.59 Å². The van der Waals surface area contributed by atoms with Crippen molar-refractivity contribution in [2.45, 2.75) is 19.3 Å². The number of sulfonamides is 1. The molecule has 7 nitrogen and oxygen atoms in total. The van der Waals surface area contributed by atoms with Crippen LogP contribution in [0.5, 0.6) is 0 Å². The van der Waals surface area contributed by atoms with Gasteiger partial charge in [-0.1, -0.05) is 0 Å². The summed E-state index contributed by atoms with van der Waals surface area (Å²) in [5.41, 5.74) is 1.38. The second-order valence-corrected chi connectivity index (χ2v) is 8.49. The molecule has 2 aliphatic heterocycles. The largest absolute Gasteiger partial charge is 0.337 e. The third-order valence-corrected chi connectivity index (χ3v) is 6.01. The molecule has 0 N–H and O–H groups in total. The van der Waals surface area contributed by atoms with E-state index in [4.69, 9.17) is 0 Å². The second-order valence-electron chi connectivity index (χ2n) is 6.50. The Morgan fingerprint density at radius 2 is 1.68 bits per heavy atom. The first-order chi connectivity index (χ1) is 11.9. The molecule has 2 amide bonds. The molecular weight excluding hydrogens is 342 g/mol. The first-order valence-corrected chi connectivity index (χ1v) is 10.4. The van der Waals surface area contributed by atoms with E-state index >= 15 is 0 Å². The molecule has 2 saturated heterocycles. The molecule has 1 aromatic rings. The predicted octanol–water partition coefficient (Wildman–Crippen LogP) is 0.921. The van der Waals surface area contributed by atoms with E-state index in [2.05, 4.69) is 0 Å². The Morgan fingerprint density at radius 1 is 0.960 bits per heavy atom. The Hall–Kier alpha value is -1.93. The van der Waals surface area contributed by atoms with E-state index in [1.807, 2.05) is 0 Å². The molecule has 0 aliphatic carbocycles. The lowest BCUT2D eigenvalue weighted by Crippen LogP contribution is -2.37. The van der Waals surface area contributed by atoms with Gasteiger partial charge < -0.3 is 9.80 Å². The van der Waals surface area contributed by atoms with Crippen molar-refractivity contribution in [3.8, 4) is 0 Å². The summed E-state index contributed by atoms with van der Waals surface area (Å²) >= 11 is 0. The van der Waals surface area contributed by atoms with E-state index in [-0.39, 0.29) is 11.8 Å². The lowest BCUT2D eigenvalue weighted by Gasteiger charge is -2.22. The van der Waals surface area contributed by atoms with Crippen LogP contribution < -0.4 is 4.90 Å². The molecule has 0 radical (unpaired) electrons. The molecule has 2 aliphatic rings. The van der Waals surface area contributed by atoms with Crippen LogP contribution in [-0.2, 0) is 14.8 Å². The maximum atomic E-state index is 12.7. The Balaban J connectivity index is 1.67. The minimum Gasteiger partial charge on any atom is -0.337 e. The molecule has 2 fully saturated rings. The summed E-state index contributed by atoms with van der Waals surface area (Å²) in [7, 11) is -3.23. The zero-order valence-corrected chi connectivity index (χ0v) is 15.2. The minimum absolute atomic E-state index is 0.102. The summed E-state index contributed by atoms with van der Waals surface area (Å²) in [5.74, 6) is 0.0158. The van der Waals surface area contributed by atoms with Gasteiger partial charge in [-0.05, 0) is 37.1 Å². The standard InChI is InChI=1S/C17H23N3O4S/c1-25(23,24)19-10-3-9-18(12-13-19)17(22)14-5-7-15(8-6-14)20-11-2-4-16(20)21/h5-8H,2-4,9-13H2,1H3. The van der Waals surface area contributed by atoms with Gasteiger partial charge >= 0.3 is 0 Å². The van der Waals surface area contributed by atoms with Gasteiger partial charge in [-0.15, -0.1) is 0 Å². The van der Waals surface area contributed by atoms with Crippen LogP contribution in [-0.4, -0.2) is 68.4 Å². The first kappa shape index (κ1) is 17.9. The maximum absolute atomic E-state index is 12.7. The van der Waals surface area contributed by atoms with Gasteiger partial charge in [0.15, 0.2) is 0 Å². The quantitative estimate of drug-likeness (QED) is 0.798. The normalized spacial score (nSPS) is 20.0. The highest BCUT2D eigenvalue weighted by atomic mass is 32.2. The fourth-order valence-electron chi connectivity index (χ4n) is 3.32. The van der Waals surface area contributed by atoms with Gasteiger partial charge in [0, 0.05) is 50.4 Å². The number of carbonyl (C=O) groups is 2. The number of nitrogens with zero attached hydrogens (tertiary/aromatic N) is 3. The van der Waals surface area contributed by atoms with Gasteiger partial charge in [0.25, 0.3) is 5.91 Å². The van der Waals surface area contributed by atoms with Crippen LogP contribution in [0.3, 0.4) is 0 Å². The molecule has 8 heteroatoms. The molecule has 25 heavy (non-hydrogen) atoms. The van der Waals surface area contributed by atoms with Crippen molar-refractivity contribution in [1.29, 1.82) is 0 Å². The van der Waals surface area contributed by atoms with Crippen molar-refractivity contribution in [2.24, 2.45) is 0 Å². The van der Waals surface area contributed by atoms with Crippen molar-refractivity contribution in [2.75, 3.05) is 43.9 Å². The SMILES string of the molecule is CS(=O)(=O)N1CCCN(C(=O)c2ccc(N3CCCC3=O)cc2)CC1. The Morgan fingerprint density at radius 3 is 2.28 bits per heavy atom. The van der Waals surface area contributed by atoms with Crippen LogP contribution in [0.2, 0.25) is 0 Å². The molecular formula is C17H23N3O4S. The number of anilines is 1. The van der Waals surface area contributed by atoms with E-state index in [0.717, 1.165) is 18.7 Å². The van der Waals surface area contributed by atoms with E-state index in [9.17, 15) is 18.0 Å². The maximum Gasteiger partial charge on any atom is 0.253 e. The Kier molecular flexibility index (Phi) is 5.10. The highest BCUT2D eigenvalue weighted by Gasteiger charge is 2.25. The van der Waals surface area contributed by atoms with Crippen molar-refractivity contribution < 1.29 is 18.0 Å². The average molecular weight is 365 g/mol. The molecule has 136 valence electrons. The number of hydrogen-bond donors (Lipinski definition) is 0. The zero-order valence-electron chi connectivity index (χ0n) is 14.3. The third-order valence-electron chi connectivity index (χ3n) is 4.71. The van der Waals surface area contributed by atoms with Crippen LogP contribution in [0, 0.1) is 0 Å². The van der Waals surface area contributed by atoms with Crippen molar-refractivity contribution in [1.82, 2.24) is 9.21 Å². The number of hydrogen-bond acceptors (Lipinski definition) is 4. The molecule has 3 rings (SSSR count). The predicted molar refractivity (Wildman–Crippen MR) is 95.0 cm³/mol. The summed E-state index contributed by atoms with van der Waals surface area (Å²) < 4.78 is 24.8. The summed E-state index contributed by atoms with van der Waals surface area (Å²) in [5, 5.41) is 0. The lowest BCUT2D eigenvalue weighted by atomic mass is 10.1. The Bertz CT molecular complexity index is 761. The average Bonchev–Trinajstić information content (AvgIpc) is 2.84. The van der Waals surface area contributed by atoms with Gasteiger partial charge in [-0.2, -0.15) is 0 Å². The van der Waals surface area contributed by atoms with Gasteiger partial charge in [0.05, 0.1) is 6.26 Å². The molecule has 1 aromatic carbocycles. The molecule has 0 atom stereocenters. The van der Waals surface area contributed by atoms with Gasteiger partial charge in [0.1, 0.15) is 0 Å². The van der Waals surface area contributed by atoms with E-state index in [1.165, 1.54) is 10.6 Å². The van der Waals surface area contributed by atoms with Crippen LogP contribution in [0.25, 0.3) is 0 Å². The topological polar surface area (TPSA) is 78.0 Å². The van der Waals surface area contributed by atoms with Gasteiger partial charge in [0.2, 0.25) is 15.9 Å². The summed E-state index contributed by atoms with van der Waals surface area (Å²) in [4.78, 5) is 27.9. The summed E-state index contributed by atoms with van der Waals surface area (Å²) in [6.07, 6.45) is 3.26. The smallest absolute Gasteiger partial charge is 0.253 e. The monoisotopic (exact) mass is 365 g/mol.